The van der Waals surface area contributed by atoms with Crippen LogP contribution in [0, 0.1) is 20.8 Å². The fourth-order valence-electron chi connectivity index (χ4n) is 3.42. The number of amides is 1. The lowest BCUT2D eigenvalue weighted by molar-refractivity contribution is 0.0955. The molecule has 30 heavy (non-hydrogen) atoms. The SMILES string of the molecule is Cc1ccc2cc(/C=N\NC(=O)c3ccc(-n4c(C)ccc4C)cc3)c(Cl)nc2c1. The first-order valence-electron chi connectivity index (χ1n) is 9.58. The number of aryl methyl sites for hydroxylation is 3. The van der Waals surface area contributed by atoms with E-state index in [2.05, 4.69) is 46.1 Å². The summed E-state index contributed by atoms with van der Waals surface area (Å²) in [5.74, 6) is -0.292. The number of hydrogen-bond donors (Lipinski definition) is 1. The fourth-order valence-corrected chi connectivity index (χ4v) is 3.62. The molecule has 2 aromatic carbocycles. The zero-order valence-corrected chi connectivity index (χ0v) is 17.7. The van der Waals surface area contributed by atoms with Crippen molar-refractivity contribution < 1.29 is 4.79 Å². The van der Waals surface area contributed by atoms with Crippen LogP contribution in [-0.2, 0) is 0 Å². The molecule has 0 saturated carbocycles. The molecule has 0 saturated heterocycles. The molecule has 0 radical (unpaired) electrons. The molecule has 5 nitrogen and oxygen atoms in total. The molecule has 0 aliphatic carbocycles. The van der Waals surface area contributed by atoms with Crippen LogP contribution in [0.25, 0.3) is 16.6 Å². The maximum absolute atomic E-state index is 12.4. The summed E-state index contributed by atoms with van der Waals surface area (Å²) >= 11 is 6.26. The monoisotopic (exact) mass is 416 g/mol. The Morgan fingerprint density at radius 1 is 1.00 bits per heavy atom. The minimum Gasteiger partial charge on any atom is -0.319 e. The molecule has 150 valence electrons. The normalized spacial score (nSPS) is 11.3. The molecule has 2 aromatic heterocycles. The van der Waals surface area contributed by atoms with E-state index in [1.54, 1.807) is 12.1 Å². The molecule has 0 atom stereocenters. The molecular formula is C24H21ClN4O. The van der Waals surface area contributed by atoms with E-state index in [9.17, 15) is 4.79 Å². The highest BCUT2D eigenvalue weighted by Crippen LogP contribution is 2.20. The maximum Gasteiger partial charge on any atom is 0.271 e. The second-order valence-corrected chi connectivity index (χ2v) is 7.62. The first-order valence-corrected chi connectivity index (χ1v) is 9.96. The molecule has 1 N–H and O–H groups in total. The molecular weight excluding hydrogens is 396 g/mol. The second kappa shape index (κ2) is 8.13. The Balaban J connectivity index is 1.48. The van der Waals surface area contributed by atoms with Crippen molar-refractivity contribution in [2.75, 3.05) is 0 Å². The number of aromatic nitrogens is 2. The summed E-state index contributed by atoms with van der Waals surface area (Å²) < 4.78 is 2.13. The van der Waals surface area contributed by atoms with Crippen LogP contribution in [0.3, 0.4) is 0 Å². The quantitative estimate of drug-likeness (QED) is 0.276. The van der Waals surface area contributed by atoms with Gasteiger partial charge >= 0.3 is 0 Å². The summed E-state index contributed by atoms with van der Waals surface area (Å²) in [6.45, 7) is 6.11. The zero-order valence-electron chi connectivity index (χ0n) is 17.0. The molecule has 0 aliphatic rings. The van der Waals surface area contributed by atoms with Crippen molar-refractivity contribution in [1.29, 1.82) is 0 Å². The van der Waals surface area contributed by atoms with Gasteiger partial charge in [-0.1, -0.05) is 23.7 Å². The van der Waals surface area contributed by atoms with Gasteiger partial charge in [0.05, 0.1) is 11.7 Å². The number of carbonyl (C=O) groups excluding carboxylic acids is 1. The van der Waals surface area contributed by atoms with E-state index in [0.29, 0.717) is 16.3 Å². The van der Waals surface area contributed by atoms with Crippen LogP contribution < -0.4 is 5.43 Å². The third-order valence-electron chi connectivity index (χ3n) is 4.98. The van der Waals surface area contributed by atoms with Crippen LogP contribution in [0.5, 0.6) is 0 Å². The van der Waals surface area contributed by atoms with Gasteiger partial charge < -0.3 is 4.57 Å². The molecule has 6 heteroatoms. The Morgan fingerprint density at radius 2 is 1.70 bits per heavy atom. The molecule has 0 fully saturated rings. The number of rotatable bonds is 4. The number of hydrogen-bond acceptors (Lipinski definition) is 3. The predicted molar refractivity (Wildman–Crippen MR) is 122 cm³/mol. The minimum atomic E-state index is -0.292. The Bertz CT molecular complexity index is 1250. The van der Waals surface area contributed by atoms with E-state index in [-0.39, 0.29) is 5.91 Å². The molecule has 4 aromatic rings. The lowest BCUT2D eigenvalue weighted by Crippen LogP contribution is -2.17. The van der Waals surface area contributed by atoms with Gasteiger partial charge in [0.25, 0.3) is 5.91 Å². The summed E-state index contributed by atoms with van der Waals surface area (Å²) in [5.41, 5.74) is 8.96. The van der Waals surface area contributed by atoms with Crippen LogP contribution in [0.2, 0.25) is 5.15 Å². The molecule has 0 aliphatic heterocycles. The van der Waals surface area contributed by atoms with Gasteiger partial charge in [0.2, 0.25) is 0 Å². The third kappa shape index (κ3) is 3.98. The highest BCUT2D eigenvalue weighted by atomic mass is 35.5. The van der Waals surface area contributed by atoms with Crippen LogP contribution >= 0.6 is 11.6 Å². The van der Waals surface area contributed by atoms with Crippen LogP contribution in [0.1, 0.15) is 32.9 Å². The summed E-state index contributed by atoms with van der Waals surface area (Å²) in [7, 11) is 0. The average molecular weight is 417 g/mol. The van der Waals surface area contributed by atoms with Gasteiger partial charge in [0.1, 0.15) is 5.15 Å². The number of nitrogens with one attached hydrogen (secondary N) is 1. The van der Waals surface area contributed by atoms with E-state index in [1.807, 2.05) is 43.3 Å². The topological polar surface area (TPSA) is 59.3 Å². The highest BCUT2D eigenvalue weighted by molar-refractivity contribution is 6.32. The number of nitrogens with zero attached hydrogens (tertiary/aromatic N) is 3. The van der Waals surface area contributed by atoms with E-state index in [1.165, 1.54) is 6.21 Å². The van der Waals surface area contributed by atoms with Crippen molar-refractivity contribution in [1.82, 2.24) is 15.0 Å². The molecule has 0 unspecified atom stereocenters. The minimum absolute atomic E-state index is 0.292. The predicted octanol–water partition coefficient (Wildman–Crippen LogP) is 5.37. The summed E-state index contributed by atoms with van der Waals surface area (Å²) in [4.78, 5) is 16.8. The molecule has 1 amide bonds. The average Bonchev–Trinajstić information content (AvgIpc) is 3.06. The fraction of sp³-hybridized carbons (Fsp3) is 0.125. The lowest BCUT2D eigenvalue weighted by Gasteiger charge is -2.10. The summed E-state index contributed by atoms with van der Waals surface area (Å²) in [5, 5.41) is 5.35. The van der Waals surface area contributed by atoms with Gasteiger partial charge in [0.15, 0.2) is 0 Å². The maximum atomic E-state index is 12.4. The van der Waals surface area contributed by atoms with E-state index < -0.39 is 0 Å². The van der Waals surface area contributed by atoms with Crippen molar-refractivity contribution in [3.8, 4) is 5.69 Å². The van der Waals surface area contributed by atoms with Gasteiger partial charge in [0, 0.05) is 33.6 Å². The molecule has 2 heterocycles. The first kappa shape index (κ1) is 19.9. The van der Waals surface area contributed by atoms with Gasteiger partial charge in [-0.15, -0.1) is 0 Å². The largest absolute Gasteiger partial charge is 0.319 e. The Labute approximate surface area is 180 Å². The Morgan fingerprint density at radius 3 is 2.40 bits per heavy atom. The summed E-state index contributed by atoms with van der Waals surface area (Å²) in [6.07, 6.45) is 1.51. The number of pyridine rings is 1. The van der Waals surface area contributed by atoms with Crippen molar-refractivity contribution in [2.24, 2.45) is 5.10 Å². The highest BCUT2D eigenvalue weighted by Gasteiger charge is 2.08. The third-order valence-corrected chi connectivity index (χ3v) is 5.29. The van der Waals surface area contributed by atoms with E-state index in [0.717, 1.165) is 33.5 Å². The van der Waals surface area contributed by atoms with Gasteiger partial charge in [-0.2, -0.15) is 5.10 Å². The van der Waals surface area contributed by atoms with Crippen LogP contribution in [0.4, 0.5) is 0 Å². The molecule has 0 spiro atoms. The lowest BCUT2D eigenvalue weighted by atomic mass is 10.1. The Hall–Kier alpha value is -3.44. The van der Waals surface area contributed by atoms with Crippen molar-refractivity contribution in [3.05, 3.63) is 93.9 Å². The number of carbonyl (C=O) groups is 1. The molecule has 0 bridgehead atoms. The molecule has 4 rings (SSSR count). The van der Waals surface area contributed by atoms with Gasteiger partial charge in [-0.3, -0.25) is 4.79 Å². The van der Waals surface area contributed by atoms with Crippen molar-refractivity contribution >= 4 is 34.6 Å². The Kier molecular flexibility index (Phi) is 5.38. The first-order chi connectivity index (χ1) is 14.4. The standard InChI is InChI=1S/C24H21ClN4O/c1-15-4-7-19-13-20(23(25)27-22(19)12-15)14-26-28-24(30)18-8-10-21(11-9-18)29-16(2)5-6-17(29)3/h4-14H,1-3H3,(H,28,30)/b26-14-. The number of halogens is 1. The summed E-state index contributed by atoms with van der Waals surface area (Å²) in [6, 6.07) is 19.4. The van der Waals surface area contributed by atoms with E-state index in [4.69, 9.17) is 11.6 Å². The van der Waals surface area contributed by atoms with Gasteiger partial charge in [-0.25, -0.2) is 10.4 Å². The number of hydrazone groups is 1. The second-order valence-electron chi connectivity index (χ2n) is 7.26. The van der Waals surface area contributed by atoms with Gasteiger partial charge in [-0.05, 0) is 74.9 Å². The van der Waals surface area contributed by atoms with Crippen LogP contribution in [0.15, 0.2) is 65.8 Å². The zero-order chi connectivity index (χ0) is 21.3. The smallest absolute Gasteiger partial charge is 0.271 e. The van der Waals surface area contributed by atoms with Crippen LogP contribution in [-0.4, -0.2) is 21.7 Å². The van der Waals surface area contributed by atoms with Crippen molar-refractivity contribution in [2.45, 2.75) is 20.8 Å². The number of benzene rings is 2. The van der Waals surface area contributed by atoms with Crippen molar-refractivity contribution in [3.63, 3.8) is 0 Å². The van der Waals surface area contributed by atoms with E-state index >= 15 is 0 Å². The number of fused-ring (bicyclic) bond motifs is 1.